The van der Waals surface area contributed by atoms with Gasteiger partial charge in [-0.1, -0.05) is 46.0 Å². The van der Waals surface area contributed by atoms with E-state index in [1.165, 1.54) is 38.5 Å². The van der Waals surface area contributed by atoms with Gasteiger partial charge >= 0.3 is 0 Å². The smallest absolute Gasteiger partial charge is 0.00746 e. The van der Waals surface area contributed by atoms with E-state index < -0.39 is 0 Å². The molecule has 0 rings (SSSR count). The lowest BCUT2D eigenvalue weighted by Crippen LogP contribution is -2.08. The Morgan fingerprint density at radius 2 is 1.73 bits per heavy atom. The van der Waals surface area contributed by atoms with Crippen molar-refractivity contribution in [2.75, 3.05) is 6.54 Å². The molecule has 0 aromatic rings. The Kier molecular flexibility index (Phi) is 8.03. The Balaban J connectivity index is 3.34. The molecule has 0 spiro atoms. The molecule has 0 amide bonds. The van der Waals surface area contributed by atoms with Crippen molar-refractivity contribution in [3.63, 3.8) is 0 Å². The predicted molar refractivity (Wildman–Crippen MR) is 51.6 cm³/mol. The van der Waals surface area contributed by atoms with Crippen LogP contribution in [0.2, 0.25) is 0 Å². The summed E-state index contributed by atoms with van der Waals surface area (Å²) in [7, 11) is 0. The van der Waals surface area contributed by atoms with Gasteiger partial charge in [0.15, 0.2) is 0 Å². The van der Waals surface area contributed by atoms with Gasteiger partial charge in [0.25, 0.3) is 0 Å². The van der Waals surface area contributed by atoms with Crippen LogP contribution in [-0.2, 0) is 0 Å². The summed E-state index contributed by atoms with van der Waals surface area (Å²) >= 11 is 0. The second kappa shape index (κ2) is 8.06. The van der Waals surface area contributed by atoms with E-state index in [4.69, 9.17) is 5.73 Å². The normalized spacial score (nSPS) is 13.4. The van der Waals surface area contributed by atoms with Crippen molar-refractivity contribution in [2.24, 2.45) is 11.7 Å². The summed E-state index contributed by atoms with van der Waals surface area (Å²) < 4.78 is 0. The fourth-order valence-electron chi connectivity index (χ4n) is 1.57. The summed E-state index contributed by atoms with van der Waals surface area (Å²) in [6.07, 6.45) is 8.01. The Morgan fingerprint density at radius 3 is 2.18 bits per heavy atom. The van der Waals surface area contributed by atoms with E-state index in [2.05, 4.69) is 13.8 Å². The molecule has 0 aliphatic rings. The van der Waals surface area contributed by atoms with Crippen LogP contribution in [-0.4, -0.2) is 6.54 Å². The van der Waals surface area contributed by atoms with Gasteiger partial charge in [-0.05, 0) is 18.9 Å². The lowest BCUT2D eigenvalue weighted by molar-refractivity contribution is 0.407. The maximum atomic E-state index is 5.53. The van der Waals surface area contributed by atoms with Crippen molar-refractivity contribution in [1.29, 1.82) is 0 Å². The Labute approximate surface area is 71.4 Å². The maximum Gasteiger partial charge on any atom is -0.00746 e. The molecule has 0 saturated carbocycles. The molecule has 11 heavy (non-hydrogen) atoms. The minimum atomic E-state index is 0.869. The second-order valence-electron chi connectivity index (χ2n) is 3.37. The number of unbranched alkanes of at least 4 members (excludes halogenated alkanes) is 1. The highest BCUT2D eigenvalue weighted by molar-refractivity contribution is 4.59. The summed E-state index contributed by atoms with van der Waals surface area (Å²) in [5, 5.41) is 0. The summed E-state index contributed by atoms with van der Waals surface area (Å²) in [6.45, 7) is 5.38. The highest BCUT2D eigenvalue weighted by Gasteiger charge is 2.04. The van der Waals surface area contributed by atoms with E-state index in [1.54, 1.807) is 0 Å². The number of rotatable bonds is 7. The zero-order valence-corrected chi connectivity index (χ0v) is 8.10. The summed E-state index contributed by atoms with van der Waals surface area (Å²) in [4.78, 5) is 0. The molecule has 68 valence electrons. The van der Waals surface area contributed by atoms with Gasteiger partial charge in [0, 0.05) is 0 Å². The fraction of sp³-hybridized carbons (Fsp3) is 1.00. The first-order chi connectivity index (χ1) is 5.35. The molecule has 0 aliphatic carbocycles. The molecule has 1 unspecified atom stereocenters. The minimum absolute atomic E-state index is 0.869. The van der Waals surface area contributed by atoms with Gasteiger partial charge in [0.05, 0.1) is 0 Å². The number of hydrogen-bond acceptors (Lipinski definition) is 1. The second-order valence-corrected chi connectivity index (χ2v) is 3.37. The van der Waals surface area contributed by atoms with Gasteiger partial charge in [-0.25, -0.2) is 0 Å². The molecule has 0 saturated heterocycles. The molecule has 0 bridgehead atoms. The van der Waals surface area contributed by atoms with Crippen molar-refractivity contribution in [1.82, 2.24) is 0 Å². The Morgan fingerprint density at radius 1 is 1.00 bits per heavy atom. The highest BCUT2D eigenvalue weighted by atomic mass is 14.5. The molecule has 1 atom stereocenters. The van der Waals surface area contributed by atoms with Gasteiger partial charge in [-0.15, -0.1) is 0 Å². The van der Waals surface area contributed by atoms with Crippen LogP contribution in [0.25, 0.3) is 0 Å². The molecular formula is C10H23N. The average molecular weight is 157 g/mol. The molecule has 0 radical (unpaired) electrons. The van der Waals surface area contributed by atoms with Crippen LogP contribution in [0.1, 0.15) is 52.4 Å². The molecule has 0 aromatic carbocycles. The van der Waals surface area contributed by atoms with Crippen LogP contribution in [0.3, 0.4) is 0 Å². The quantitative estimate of drug-likeness (QED) is 0.604. The van der Waals surface area contributed by atoms with Gasteiger partial charge in [-0.2, -0.15) is 0 Å². The van der Waals surface area contributed by atoms with Crippen molar-refractivity contribution < 1.29 is 0 Å². The summed E-state index contributed by atoms with van der Waals surface area (Å²) in [5.41, 5.74) is 5.53. The molecule has 0 aliphatic heterocycles. The molecule has 1 nitrogen and oxygen atoms in total. The molecular weight excluding hydrogens is 134 g/mol. The third-order valence-electron chi connectivity index (χ3n) is 2.24. The minimum Gasteiger partial charge on any atom is -0.330 e. The molecule has 1 heteroatoms. The molecule has 0 heterocycles. The predicted octanol–water partition coefficient (Wildman–Crippen LogP) is 2.94. The van der Waals surface area contributed by atoms with E-state index in [9.17, 15) is 0 Å². The lowest BCUT2D eigenvalue weighted by atomic mass is 9.94. The van der Waals surface area contributed by atoms with Crippen molar-refractivity contribution in [3.05, 3.63) is 0 Å². The zero-order valence-electron chi connectivity index (χ0n) is 8.10. The van der Waals surface area contributed by atoms with Crippen LogP contribution in [0.4, 0.5) is 0 Å². The molecule has 2 N–H and O–H groups in total. The SMILES string of the molecule is CCCCC(CCC)CCN. The Hall–Kier alpha value is -0.0400. The summed E-state index contributed by atoms with van der Waals surface area (Å²) in [5.74, 6) is 0.907. The van der Waals surface area contributed by atoms with E-state index in [0.29, 0.717) is 0 Å². The number of hydrogen-bond donors (Lipinski definition) is 1. The van der Waals surface area contributed by atoms with Crippen LogP contribution in [0.15, 0.2) is 0 Å². The fourth-order valence-corrected chi connectivity index (χ4v) is 1.57. The van der Waals surface area contributed by atoms with Crippen molar-refractivity contribution in [2.45, 2.75) is 52.4 Å². The van der Waals surface area contributed by atoms with E-state index in [-0.39, 0.29) is 0 Å². The summed E-state index contributed by atoms with van der Waals surface area (Å²) in [6, 6.07) is 0. The van der Waals surface area contributed by atoms with E-state index in [0.717, 1.165) is 12.5 Å². The standard InChI is InChI=1S/C10H23N/c1-3-5-7-10(6-4-2)8-9-11/h10H,3-9,11H2,1-2H3. The van der Waals surface area contributed by atoms with Crippen LogP contribution in [0, 0.1) is 5.92 Å². The van der Waals surface area contributed by atoms with E-state index in [1.807, 2.05) is 0 Å². The number of nitrogens with two attached hydrogens (primary N) is 1. The van der Waals surface area contributed by atoms with Crippen LogP contribution < -0.4 is 5.73 Å². The van der Waals surface area contributed by atoms with Crippen LogP contribution >= 0.6 is 0 Å². The monoisotopic (exact) mass is 157 g/mol. The van der Waals surface area contributed by atoms with Gasteiger partial charge in [0.1, 0.15) is 0 Å². The zero-order chi connectivity index (χ0) is 8.53. The van der Waals surface area contributed by atoms with Crippen molar-refractivity contribution >= 4 is 0 Å². The largest absolute Gasteiger partial charge is 0.330 e. The first-order valence-corrected chi connectivity index (χ1v) is 5.05. The first-order valence-electron chi connectivity index (χ1n) is 5.05. The van der Waals surface area contributed by atoms with Gasteiger partial charge in [0.2, 0.25) is 0 Å². The molecule has 0 fully saturated rings. The molecule has 0 aromatic heterocycles. The highest BCUT2D eigenvalue weighted by Crippen LogP contribution is 2.17. The third-order valence-corrected chi connectivity index (χ3v) is 2.24. The van der Waals surface area contributed by atoms with Crippen LogP contribution in [0.5, 0.6) is 0 Å². The maximum absolute atomic E-state index is 5.53. The Bertz CT molecular complexity index is 65.3. The topological polar surface area (TPSA) is 26.0 Å². The average Bonchev–Trinajstić information content (AvgIpc) is 2.01. The van der Waals surface area contributed by atoms with E-state index >= 15 is 0 Å². The van der Waals surface area contributed by atoms with Gasteiger partial charge < -0.3 is 5.73 Å². The lowest BCUT2D eigenvalue weighted by Gasteiger charge is -2.13. The first kappa shape index (κ1) is 11.0. The third kappa shape index (κ3) is 6.36. The van der Waals surface area contributed by atoms with Gasteiger partial charge in [-0.3, -0.25) is 0 Å². The van der Waals surface area contributed by atoms with Crippen molar-refractivity contribution in [3.8, 4) is 0 Å².